The van der Waals surface area contributed by atoms with Gasteiger partial charge in [0.25, 0.3) is 0 Å². The number of methoxy groups -OCH3 is 1. The zero-order valence-electron chi connectivity index (χ0n) is 16.9. The number of ether oxygens (including phenoxy) is 1. The molecule has 0 spiro atoms. The lowest BCUT2D eigenvalue weighted by atomic mass is 10.0. The van der Waals surface area contributed by atoms with E-state index in [1.54, 1.807) is 37.4 Å². The van der Waals surface area contributed by atoms with Crippen molar-refractivity contribution in [1.82, 2.24) is 4.72 Å². The summed E-state index contributed by atoms with van der Waals surface area (Å²) in [5.41, 5.74) is 2.93. The van der Waals surface area contributed by atoms with Crippen LogP contribution in [-0.4, -0.2) is 15.5 Å². The smallest absolute Gasteiger partial charge is 0.241 e. The first-order valence-corrected chi connectivity index (χ1v) is 11.5. The Bertz CT molecular complexity index is 1330. The van der Waals surface area contributed by atoms with E-state index >= 15 is 0 Å². The molecule has 0 amide bonds. The number of hydrogen-bond donors (Lipinski definition) is 2. The molecule has 0 bridgehead atoms. The van der Waals surface area contributed by atoms with Gasteiger partial charge in [0.1, 0.15) is 5.75 Å². The van der Waals surface area contributed by atoms with E-state index in [4.69, 9.17) is 4.74 Å². The Labute approximate surface area is 181 Å². The van der Waals surface area contributed by atoms with E-state index in [1.807, 2.05) is 42.5 Å². The fourth-order valence-electron chi connectivity index (χ4n) is 4.27. The molecule has 0 aromatic heterocycles. The number of rotatable bonds is 6. The summed E-state index contributed by atoms with van der Waals surface area (Å²) < 4.78 is 34.6. The van der Waals surface area contributed by atoms with Gasteiger partial charge in [-0.3, -0.25) is 0 Å². The molecule has 6 heteroatoms. The minimum Gasteiger partial charge on any atom is -0.497 e. The molecule has 0 saturated carbocycles. The maximum absolute atomic E-state index is 13.2. The third-order valence-corrected chi connectivity index (χ3v) is 7.18. The van der Waals surface area contributed by atoms with E-state index in [-0.39, 0.29) is 10.9 Å². The molecule has 31 heavy (non-hydrogen) atoms. The van der Waals surface area contributed by atoms with Gasteiger partial charge in [-0.15, -0.1) is 0 Å². The number of hydrogen-bond acceptors (Lipinski definition) is 4. The van der Waals surface area contributed by atoms with Crippen LogP contribution in [0.3, 0.4) is 0 Å². The highest BCUT2D eigenvalue weighted by atomic mass is 32.2. The van der Waals surface area contributed by atoms with Gasteiger partial charge in [0, 0.05) is 5.69 Å². The van der Waals surface area contributed by atoms with Crippen LogP contribution in [0.2, 0.25) is 0 Å². The van der Waals surface area contributed by atoms with Crippen molar-refractivity contribution in [2.24, 2.45) is 0 Å². The number of nitrogens with one attached hydrogen (secondary N) is 2. The summed E-state index contributed by atoms with van der Waals surface area (Å²) in [7, 11) is -2.07. The Morgan fingerprint density at radius 1 is 0.742 bits per heavy atom. The molecule has 0 heterocycles. The Morgan fingerprint density at radius 3 is 2.03 bits per heavy atom. The second-order valence-corrected chi connectivity index (χ2v) is 9.27. The average Bonchev–Trinajstić information content (AvgIpc) is 3.09. The summed E-state index contributed by atoms with van der Waals surface area (Å²) in [4.78, 5) is 0.251. The molecule has 2 atom stereocenters. The number of anilines is 1. The molecule has 0 saturated heterocycles. The molecule has 5 nitrogen and oxygen atoms in total. The second-order valence-electron chi connectivity index (χ2n) is 7.56. The molecular formula is C25H22N2O3S. The van der Waals surface area contributed by atoms with Crippen LogP contribution >= 0.6 is 0 Å². The van der Waals surface area contributed by atoms with Gasteiger partial charge < -0.3 is 10.1 Å². The maximum atomic E-state index is 13.2. The van der Waals surface area contributed by atoms with Gasteiger partial charge in [0.05, 0.1) is 24.1 Å². The lowest BCUT2D eigenvalue weighted by Crippen LogP contribution is -2.33. The zero-order chi connectivity index (χ0) is 21.4. The van der Waals surface area contributed by atoms with Crippen LogP contribution < -0.4 is 14.8 Å². The lowest BCUT2D eigenvalue weighted by Gasteiger charge is -2.25. The average molecular weight is 431 g/mol. The van der Waals surface area contributed by atoms with E-state index in [0.717, 1.165) is 33.3 Å². The van der Waals surface area contributed by atoms with Crippen molar-refractivity contribution in [3.05, 3.63) is 102 Å². The van der Waals surface area contributed by atoms with Crippen LogP contribution in [0.15, 0.2) is 95.9 Å². The van der Waals surface area contributed by atoms with E-state index in [0.29, 0.717) is 0 Å². The Kier molecular flexibility index (Phi) is 4.88. The normalized spacial score (nSPS) is 17.6. The first kappa shape index (κ1) is 19.6. The molecule has 0 unspecified atom stereocenters. The predicted molar refractivity (Wildman–Crippen MR) is 123 cm³/mol. The highest BCUT2D eigenvalue weighted by Gasteiger charge is 2.37. The summed E-state index contributed by atoms with van der Waals surface area (Å²) in [6.07, 6.45) is 0. The molecule has 0 fully saturated rings. The van der Waals surface area contributed by atoms with Gasteiger partial charge in [-0.1, -0.05) is 54.6 Å². The topological polar surface area (TPSA) is 67.4 Å². The summed E-state index contributed by atoms with van der Waals surface area (Å²) in [5, 5.41) is 5.73. The first-order valence-electron chi connectivity index (χ1n) is 10.1. The van der Waals surface area contributed by atoms with Crippen molar-refractivity contribution in [1.29, 1.82) is 0 Å². The molecule has 1 aliphatic rings. The number of benzene rings is 4. The Hall–Kier alpha value is -3.35. The molecule has 5 rings (SSSR count). The van der Waals surface area contributed by atoms with Gasteiger partial charge in [-0.05, 0) is 58.3 Å². The summed E-state index contributed by atoms with van der Waals surface area (Å²) in [5.74, 6) is 0.767. The third kappa shape index (κ3) is 3.54. The van der Waals surface area contributed by atoms with Crippen molar-refractivity contribution < 1.29 is 13.2 Å². The summed E-state index contributed by atoms with van der Waals surface area (Å²) in [6, 6.07) is 27.6. The monoisotopic (exact) mass is 430 g/mol. The fraction of sp³-hybridized carbons (Fsp3) is 0.120. The zero-order valence-corrected chi connectivity index (χ0v) is 17.8. The van der Waals surface area contributed by atoms with Gasteiger partial charge in [0.2, 0.25) is 10.0 Å². The van der Waals surface area contributed by atoms with Crippen molar-refractivity contribution in [3.8, 4) is 5.75 Å². The van der Waals surface area contributed by atoms with Gasteiger partial charge in [0.15, 0.2) is 0 Å². The lowest BCUT2D eigenvalue weighted by molar-refractivity contribution is 0.415. The van der Waals surface area contributed by atoms with Crippen LogP contribution in [0.25, 0.3) is 10.8 Å². The Morgan fingerprint density at radius 2 is 1.39 bits per heavy atom. The summed E-state index contributed by atoms with van der Waals surface area (Å²) in [6.45, 7) is 0. The van der Waals surface area contributed by atoms with Crippen molar-refractivity contribution >= 4 is 26.5 Å². The quantitative estimate of drug-likeness (QED) is 0.450. The van der Waals surface area contributed by atoms with E-state index < -0.39 is 16.1 Å². The highest BCUT2D eigenvalue weighted by Crippen LogP contribution is 2.46. The predicted octanol–water partition coefficient (Wildman–Crippen LogP) is 5.03. The largest absolute Gasteiger partial charge is 0.497 e. The van der Waals surface area contributed by atoms with Crippen LogP contribution in [0, 0.1) is 0 Å². The van der Waals surface area contributed by atoms with E-state index in [1.165, 1.54) is 0 Å². The van der Waals surface area contributed by atoms with Crippen LogP contribution in [0.1, 0.15) is 23.2 Å². The fourth-order valence-corrected chi connectivity index (χ4v) is 5.52. The first-order chi connectivity index (χ1) is 15.1. The molecule has 156 valence electrons. The standard InChI is InChI=1S/C25H22N2O3S/c1-30-19-15-13-18(14-16-19)26-24-21-11-5-7-17-8-6-12-22(23(17)21)25(24)27-31(28,29)20-9-3-2-4-10-20/h2-16,24-27H,1H3/t24-,25-/m1/s1. The van der Waals surface area contributed by atoms with Gasteiger partial charge >= 0.3 is 0 Å². The minimum atomic E-state index is -3.70. The Balaban J connectivity index is 1.57. The van der Waals surface area contributed by atoms with Crippen molar-refractivity contribution in [2.45, 2.75) is 17.0 Å². The van der Waals surface area contributed by atoms with E-state index in [2.05, 4.69) is 28.2 Å². The SMILES string of the molecule is COc1ccc(N[C@@H]2c3cccc4cccc(c34)[C@H]2NS(=O)(=O)c2ccccc2)cc1. The van der Waals surface area contributed by atoms with Crippen molar-refractivity contribution in [2.75, 3.05) is 12.4 Å². The van der Waals surface area contributed by atoms with Crippen LogP contribution in [0.4, 0.5) is 5.69 Å². The molecule has 1 aliphatic carbocycles. The summed E-state index contributed by atoms with van der Waals surface area (Å²) >= 11 is 0. The minimum absolute atomic E-state index is 0.251. The van der Waals surface area contributed by atoms with Crippen LogP contribution in [0.5, 0.6) is 5.75 Å². The highest BCUT2D eigenvalue weighted by molar-refractivity contribution is 7.89. The van der Waals surface area contributed by atoms with Gasteiger partial charge in [-0.25, -0.2) is 13.1 Å². The van der Waals surface area contributed by atoms with Crippen molar-refractivity contribution in [3.63, 3.8) is 0 Å². The second kappa shape index (κ2) is 7.72. The molecule has 0 aliphatic heterocycles. The van der Waals surface area contributed by atoms with E-state index in [9.17, 15) is 8.42 Å². The molecule has 2 N–H and O–H groups in total. The number of sulfonamides is 1. The van der Waals surface area contributed by atoms with Crippen LogP contribution in [-0.2, 0) is 10.0 Å². The third-order valence-electron chi connectivity index (χ3n) is 5.72. The molecular weight excluding hydrogens is 408 g/mol. The van der Waals surface area contributed by atoms with Gasteiger partial charge in [-0.2, -0.15) is 0 Å². The molecule has 0 radical (unpaired) electrons. The molecule has 4 aromatic carbocycles. The maximum Gasteiger partial charge on any atom is 0.241 e. The molecule has 4 aromatic rings.